The van der Waals surface area contributed by atoms with Crippen LogP contribution >= 0.6 is 0 Å². The zero-order valence-corrected chi connectivity index (χ0v) is 9.68. The maximum atomic E-state index is 12.3. The minimum absolute atomic E-state index is 0.127. The van der Waals surface area contributed by atoms with Crippen molar-refractivity contribution in [2.45, 2.75) is 12.2 Å². The van der Waals surface area contributed by atoms with Crippen molar-refractivity contribution in [1.29, 1.82) is 0 Å². The van der Waals surface area contributed by atoms with E-state index in [4.69, 9.17) is 5.11 Å². The molecular formula is C10H11F3N4O2. The van der Waals surface area contributed by atoms with Gasteiger partial charge in [-0.25, -0.2) is 4.79 Å². The number of aromatic nitrogens is 2. The molecule has 0 radical (unpaired) electrons. The summed E-state index contributed by atoms with van der Waals surface area (Å²) in [5.74, 6) is -0.934. The molecule has 0 aliphatic carbocycles. The van der Waals surface area contributed by atoms with Gasteiger partial charge in [-0.1, -0.05) is 0 Å². The largest absolute Gasteiger partial charge is 0.480 e. The predicted molar refractivity (Wildman–Crippen MR) is 58.7 cm³/mol. The number of hydrogen-bond acceptors (Lipinski definition) is 5. The van der Waals surface area contributed by atoms with Gasteiger partial charge in [0.2, 0.25) is 0 Å². The molecule has 19 heavy (non-hydrogen) atoms. The Kier molecular flexibility index (Phi) is 3.56. The molecule has 1 aliphatic heterocycles. The van der Waals surface area contributed by atoms with Crippen molar-refractivity contribution in [2.24, 2.45) is 0 Å². The maximum Gasteiger partial charge on any atom is 0.435 e. The van der Waals surface area contributed by atoms with Crippen molar-refractivity contribution in [3.63, 3.8) is 0 Å². The van der Waals surface area contributed by atoms with Crippen LogP contribution in [0.5, 0.6) is 0 Å². The predicted octanol–water partition coefficient (Wildman–Crippen LogP) is 0.358. The first kappa shape index (κ1) is 13.5. The lowest BCUT2D eigenvalue weighted by atomic mass is 10.2. The summed E-state index contributed by atoms with van der Waals surface area (Å²) < 4.78 is 37.0. The summed E-state index contributed by atoms with van der Waals surface area (Å²) >= 11 is 0. The van der Waals surface area contributed by atoms with Gasteiger partial charge in [-0.3, -0.25) is 0 Å². The number of halogens is 3. The van der Waals surface area contributed by atoms with Crippen molar-refractivity contribution in [3.05, 3.63) is 17.8 Å². The second-order valence-electron chi connectivity index (χ2n) is 4.03. The van der Waals surface area contributed by atoms with E-state index in [9.17, 15) is 18.0 Å². The normalized spacial score (nSPS) is 20.4. The number of nitrogens with zero attached hydrogens (tertiary/aromatic N) is 3. The highest BCUT2D eigenvalue weighted by Gasteiger charge is 2.34. The number of anilines is 1. The molecule has 0 aromatic carbocycles. The van der Waals surface area contributed by atoms with Crippen LogP contribution in [0.1, 0.15) is 5.69 Å². The van der Waals surface area contributed by atoms with E-state index in [-0.39, 0.29) is 12.4 Å². The van der Waals surface area contributed by atoms with E-state index in [1.165, 1.54) is 4.90 Å². The molecule has 0 amide bonds. The topological polar surface area (TPSA) is 78.4 Å². The minimum atomic E-state index is -4.55. The Morgan fingerprint density at radius 2 is 2.16 bits per heavy atom. The summed E-state index contributed by atoms with van der Waals surface area (Å²) in [6, 6.07) is 1.07. The van der Waals surface area contributed by atoms with Crippen LogP contribution in [0.3, 0.4) is 0 Å². The molecule has 1 fully saturated rings. The number of aliphatic carboxylic acids is 1. The third-order valence-corrected chi connectivity index (χ3v) is 2.76. The van der Waals surface area contributed by atoms with Gasteiger partial charge in [0.05, 0.1) is 0 Å². The van der Waals surface area contributed by atoms with Gasteiger partial charge in [-0.05, 0) is 12.1 Å². The lowest BCUT2D eigenvalue weighted by Crippen LogP contribution is -2.55. The summed E-state index contributed by atoms with van der Waals surface area (Å²) in [6.45, 7) is 1.08. The third-order valence-electron chi connectivity index (χ3n) is 2.76. The third kappa shape index (κ3) is 2.92. The van der Waals surface area contributed by atoms with Gasteiger partial charge >= 0.3 is 12.1 Å². The molecule has 1 unspecified atom stereocenters. The number of piperazine rings is 1. The van der Waals surface area contributed by atoms with E-state index >= 15 is 0 Å². The molecule has 2 heterocycles. The number of alkyl halides is 3. The summed E-state index contributed by atoms with van der Waals surface area (Å²) in [6.07, 6.45) is -4.55. The van der Waals surface area contributed by atoms with Crippen molar-refractivity contribution < 1.29 is 23.1 Å². The van der Waals surface area contributed by atoms with Gasteiger partial charge in [0, 0.05) is 19.6 Å². The van der Waals surface area contributed by atoms with Crippen LogP contribution < -0.4 is 10.2 Å². The van der Waals surface area contributed by atoms with Gasteiger partial charge in [-0.15, -0.1) is 10.2 Å². The Bertz CT molecular complexity index is 463. The second kappa shape index (κ2) is 5.00. The van der Waals surface area contributed by atoms with E-state index in [0.29, 0.717) is 13.1 Å². The Labute approximate surface area is 106 Å². The van der Waals surface area contributed by atoms with E-state index in [0.717, 1.165) is 12.1 Å². The SMILES string of the molecule is O=C(O)C1CNCCN1c1ccc(C(F)(F)F)nn1. The maximum absolute atomic E-state index is 12.3. The Hall–Kier alpha value is -1.90. The molecule has 1 aliphatic rings. The molecule has 2 rings (SSSR count). The van der Waals surface area contributed by atoms with E-state index in [1.807, 2.05) is 0 Å². The van der Waals surface area contributed by atoms with Crippen LogP contribution in [-0.4, -0.2) is 46.9 Å². The molecule has 9 heteroatoms. The molecule has 2 N–H and O–H groups in total. The second-order valence-corrected chi connectivity index (χ2v) is 4.03. The lowest BCUT2D eigenvalue weighted by molar-refractivity contribution is -0.142. The molecule has 6 nitrogen and oxygen atoms in total. The molecular weight excluding hydrogens is 265 g/mol. The van der Waals surface area contributed by atoms with Gasteiger partial charge in [0.1, 0.15) is 6.04 Å². The van der Waals surface area contributed by atoms with Crippen LogP contribution in [0.15, 0.2) is 12.1 Å². The highest BCUT2D eigenvalue weighted by Crippen LogP contribution is 2.27. The summed E-state index contributed by atoms with van der Waals surface area (Å²) in [5.41, 5.74) is -1.10. The first-order chi connectivity index (χ1) is 8.89. The van der Waals surface area contributed by atoms with Crippen LogP contribution in [0, 0.1) is 0 Å². The zero-order valence-electron chi connectivity index (χ0n) is 9.68. The fourth-order valence-electron chi connectivity index (χ4n) is 1.83. The fourth-order valence-corrected chi connectivity index (χ4v) is 1.83. The van der Waals surface area contributed by atoms with E-state index in [2.05, 4.69) is 15.5 Å². The summed E-state index contributed by atoms with van der Waals surface area (Å²) in [5, 5.41) is 18.5. The zero-order chi connectivity index (χ0) is 14.0. The molecule has 0 bridgehead atoms. The number of carboxylic acid groups (broad SMARTS) is 1. The Morgan fingerprint density at radius 1 is 1.42 bits per heavy atom. The number of carboxylic acids is 1. The molecule has 1 saturated heterocycles. The first-order valence-corrected chi connectivity index (χ1v) is 5.50. The van der Waals surface area contributed by atoms with Crippen LogP contribution in [0.25, 0.3) is 0 Å². The van der Waals surface area contributed by atoms with Crippen molar-refractivity contribution >= 4 is 11.8 Å². The standard InChI is InChI=1S/C10H11F3N4O2/c11-10(12,13)7-1-2-8(16-15-7)17-4-3-14-5-6(17)9(18)19/h1-2,6,14H,3-5H2,(H,18,19). The number of hydrogen-bond donors (Lipinski definition) is 2. The van der Waals surface area contributed by atoms with E-state index in [1.54, 1.807) is 0 Å². The smallest absolute Gasteiger partial charge is 0.435 e. The van der Waals surface area contributed by atoms with Crippen molar-refractivity contribution in [3.8, 4) is 0 Å². The van der Waals surface area contributed by atoms with Gasteiger partial charge in [-0.2, -0.15) is 13.2 Å². The molecule has 0 saturated carbocycles. The number of nitrogens with one attached hydrogen (secondary N) is 1. The van der Waals surface area contributed by atoms with Crippen LogP contribution in [0.4, 0.5) is 19.0 Å². The highest BCUT2D eigenvalue weighted by molar-refractivity contribution is 5.78. The van der Waals surface area contributed by atoms with Gasteiger partial charge in [0.15, 0.2) is 11.5 Å². The molecule has 1 aromatic heterocycles. The minimum Gasteiger partial charge on any atom is -0.480 e. The monoisotopic (exact) mass is 276 g/mol. The van der Waals surface area contributed by atoms with Gasteiger partial charge in [0.25, 0.3) is 0 Å². The Morgan fingerprint density at radius 3 is 2.68 bits per heavy atom. The summed E-state index contributed by atoms with van der Waals surface area (Å²) in [4.78, 5) is 12.5. The summed E-state index contributed by atoms with van der Waals surface area (Å²) in [7, 11) is 0. The average Bonchev–Trinajstić information content (AvgIpc) is 2.38. The fraction of sp³-hybridized carbons (Fsp3) is 0.500. The number of carbonyl (C=O) groups is 1. The molecule has 0 spiro atoms. The lowest BCUT2D eigenvalue weighted by Gasteiger charge is -2.33. The van der Waals surface area contributed by atoms with Crippen LogP contribution in [0.2, 0.25) is 0 Å². The van der Waals surface area contributed by atoms with Crippen LogP contribution in [-0.2, 0) is 11.0 Å². The molecule has 1 atom stereocenters. The van der Waals surface area contributed by atoms with Crippen molar-refractivity contribution in [2.75, 3.05) is 24.5 Å². The quantitative estimate of drug-likeness (QED) is 0.812. The van der Waals surface area contributed by atoms with E-state index < -0.39 is 23.9 Å². The molecule has 104 valence electrons. The first-order valence-electron chi connectivity index (χ1n) is 5.50. The number of rotatable bonds is 2. The molecule has 1 aromatic rings. The van der Waals surface area contributed by atoms with Gasteiger partial charge < -0.3 is 15.3 Å². The highest BCUT2D eigenvalue weighted by atomic mass is 19.4. The van der Waals surface area contributed by atoms with Crippen molar-refractivity contribution in [1.82, 2.24) is 15.5 Å². The average molecular weight is 276 g/mol. The Balaban J connectivity index is 2.23.